The third kappa shape index (κ3) is 1.71. The summed E-state index contributed by atoms with van der Waals surface area (Å²) in [6.07, 6.45) is 0. The lowest BCUT2D eigenvalue weighted by atomic mass is 9.95. The number of methoxy groups -OCH3 is 1. The Morgan fingerprint density at radius 1 is 1.90 bits per heavy atom. The average molecular weight is 143 g/mol. The summed E-state index contributed by atoms with van der Waals surface area (Å²) in [6, 6.07) is 1.65. The molecule has 0 aromatic rings. The summed E-state index contributed by atoms with van der Waals surface area (Å²) in [7, 11) is 1.36. The van der Waals surface area contributed by atoms with Crippen molar-refractivity contribution in [2.24, 2.45) is 5.41 Å². The lowest BCUT2D eigenvalue weighted by Crippen LogP contribution is -2.30. The molecule has 0 aliphatic heterocycles. The van der Waals surface area contributed by atoms with E-state index in [1.807, 2.05) is 0 Å². The van der Waals surface area contributed by atoms with Crippen LogP contribution in [0.2, 0.25) is 0 Å². The molecule has 0 fully saturated rings. The van der Waals surface area contributed by atoms with Crippen molar-refractivity contribution in [1.82, 2.24) is 0 Å². The second-order valence-electron chi connectivity index (χ2n) is 2.18. The molecule has 0 aliphatic rings. The molecule has 0 unspecified atom stereocenters. The first kappa shape index (κ1) is 8.92. The van der Waals surface area contributed by atoms with Gasteiger partial charge < -0.3 is 9.84 Å². The average Bonchev–Trinajstić information content (AvgIpc) is 1.88. The lowest BCUT2D eigenvalue weighted by Gasteiger charge is -2.13. The Morgan fingerprint density at radius 2 is 2.40 bits per heavy atom. The molecule has 0 spiro atoms. The molecule has 1 N–H and O–H groups in total. The summed E-state index contributed by atoms with van der Waals surface area (Å²) in [5, 5.41) is 16.8. The normalized spacial score (nSPS) is 15.3. The predicted molar refractivity (Wildman–Crippen MR) is 33.2 cm³/mol. The standard InChI is InChI=1S/C6H9NO3/c1-6(3-7,4-10-2)5(8)9/h4H2,1-2H3,(H,8,9)/t6-/m1/s1. The van der Waals surface area contributed by atoms with Crippen LogP contribution in [0.15, 0.2) is 0 Å². The minimum atomic E-state index is -1.41. The van der Waals surface area contributed by atoms with Crippen LogP contribution in [-0.4, -0.2) is 24.8 Å². The largest absolute Gasteiger partial charge is 0.480 e. The van der Waals surface area contributed by atoms with Gasteiger partial charge in [-0.15, -0.1) is 0 Å². The smallest absolute Gasteiger partial charge is 0.326 e. The number of hydrogen-bond donors (Lipinski definition) is 1. The molecule has 0 heterocycles. The molecule has 1 atom stereocenters. The van der Waals surface area contributed by atoms with Crippen LogP contribution < -0.4 is 0 Å². The Balaban J connectivity index is 4.27. The van der Waals surface area contributed by atoms with E-state index in [4.69, 9.17) is 10.4 Å². The van der Waals surface area contributed by atoms with Crippen LogP contribution in [0.5, 0.6) is 0 Å². The molecule has 0 bridgehead atoms. The van der Waals surface area contributed by atoms with E-state index in [1.54, 1.807) is 6.07 Å². The van der Waals surface area contributed by atoms with Crippen LogP contribution in [0.4, 0.5) is 0 Å². The van der Waals surface area contributed by atoms with Gasteiger partial charge >= 0.3 is 5.97 Å². The number of aliphatic carboxylic acids is 1. The van der Waals surface area contributed by atoms with Gasteiger partial charge in [-0.05, 0) is 6.92 Å². The number of rotatable bonds is 3. The number of hydrogen-bond acceptors (Lipinski definition) is 3. The second kappa shape index (κ2) is 3.18. The van der Waals surface area contributed by atoms with Gasteiger partial charge in [0.1, 0.15) is 0 Å². The molecule has 0 aliphatic carbocycles. The molecule has 10 heavy (non-hydrogen) atoms. The first-order valence-corrected chi connectivity index (χ1v) is 2.70. The molecule has 4 nitrogen and oxygen atoms in total. The first-order valence-electron chi connectivity index (χ1n) is 2.70. The number of carboxylic acid groups (broad SMARTS) is 1. The zero-order chi connectivity index (χ0) is 8.20. The van der Waals surface area contributed by atoms with E-state index in [2.05, 4.69) is 4.74 Å². The third-order valence-corrected chi connectivity index (χ3v) is 1.15. The van der Waals surface area contributed by atoms with Crippen molar-refractivity contribution < 1.29 is 14.6 Å². The molecule has 56 valence electrons. The fourth-order valence-corrected chi connectivity index (χ4v) is 0.431. The molecule has 0 radical (unpaired) electrons. The number of ether oxygens (including phenoxy) is 1. The Labute approximate surface area is 59.0 Å². The van der Waals surface area contributed by atoms with Crippen LogP contribution in [0.1, 0.15) is 6.92 Å². The summed E-state index contributed by atoms with van der Waals surface area (Å²) in [5.41, 5.74) is -1.41. The van der Waals surface area contributed by atoms with Crippen molar-refractivity contribution in [2.45, 2.75) is 6.92 Å². The number of carboxylic acids is 1. The van der Waals surface area contributed by atoms with E-state index in [0.29, 0.717) is 0 Å². The molecule has 0 saturated carbocycles. The topological polar surface area (TPSA) is 70.3 Å². The fourth-order valence-electron chi connectivity index (χ4n) is 0.431. The molecular formula is C6H9NO3. The highest BCUT2D eigenvalue weighted by atomic mass is 16.5. The monoisotopic (exact) mass is 143 g/mol. The lowest BCUT2D eigenvalue weighted by molar-refractivity contribution is -0.147. The van der Waals surface area contributed by atoms with Gasteiger partial charge in [0.25, 0.3) is 0 Å². The highest BCUT2D eigenvalue weighted by Crippen LogP contribution is 2.14. The Hall–Kier alpha value is -1.08. The SMILES string of the molecule is COC[C@@](C)(C#N)C(=O)O. The van der Waals surface area contributed by atoms with E-state index < -0.39 is 11.4 Å². The van der Waals surface area contributed by atoms with E-state index in [9.17, 15) is 4.79 Å². The highest BCUT2D eigenvalue weighted by Gasteiger charge is 2.32. The Kier molecular flexibility index (Phi) is 2.84. The van der Waals surface area contributed by atoms with Gasteiger partial charge in [-0.3, -0.25) is 4.79 Å². The van der Waals surface area contributed by atoms with Crippen molar-refractivity contribution in [3.8, 4) is 6.07 Å². The summed E-state index contributed by atoms with van der Waals surface area (Å²) in [6.45, 7) is 1.23. The summed E-state index contributed by atoms with van der Waals surface area (Å²) >= 11 is 0. The minimum Gasteiger partial charge on any atom is -0.480 e. The zero-order valence-electron chi connectivity index (χ0n) is 5.92. The van der Waals surface area contributed by atoms with Crippen LogP contribution in [0, 0.1) is 16.7 Å². The predicted octanol–water partition coefficient (Wildman–Crippen LogP) is 0.247. The third-order valence-electron chi connectivity index (χ3n) is 1.15. The van der Waals surface area contributed by atoms with Gasteiger partial charge in [0, 0.05) is 7.11 Å². The molecular weight excluding hydrogens is 134 g/mol. The molecule has 4 heteroatoms. The van der Waals surface area contributed by atoms with Crippen molar-refractivity contribution >= 4 is 5.97 Å². The van der Waals surface area contributed by atoms with Crippen LogP contribution in [0.25, 0.3) is 0 Å². The number of nitrogens with zero attached hydrogens (tertiary/aromatic N) is 1. The minimum absolute atomic E-state index is 0.0845. The van der Waals surface area contributed by atoms with Crippen molar-refractivity contribution in [3.05, 3.63) is 0 Å². The van der Waals surface area contributed by atoms with E-state index in [0.717, 1.165) is 0 Å². The quantitative estimate of drug-likeness (QED) is 0.614. The molecule has 0 rings (SSSR count). The number of carbonyl (C=O) groups is 1. The Bertz CT molecular complexity index is 172. The van der Waals surface area contributed by atoms with Crippen molar-refractivity contribution in [3.63, 3.8) is 0 Å². The molecule has 0 aromatic heterocycles. The van der Waals surface area contributed by atoms with E-state index in [-0.39, 0.29) is 6.61 Å². The zero-order valence-corrected chi connectivity index (χ0v) is 5.92. The van der Waals surface area contributed by atoms with Gasteiger partial charge in [0.15, 0.2) is 5.41 Å². The highest BCUT2D eigenvalue weighted by molar-refractivity contribution is 5.77. The maximum absolute atomic E-state index is 10.3. The van der Waals surface area contributed by atoms with Crippen LogP contribution >= 0.6 is 0 Å². The summed E-state index contributed by atoms with van der Waals surface area (Å²) < 4.78 is 4.56. The van der Waals surface area contributed by atoms with Crippen molar-refractivity contribution in [1.29, 1.82) is 5.26 Å². The second-order valence-corrected chi connectivity index (χ2v) is 2.18. The maximum atomic E-state index is 10.3. The molecule has 0 aromatic carbocycles. The number of nitriles is 1. The van der Waals surface area contributed by atoms with Gasteiger partial charge in [-0.1, -0.05) is 0 Å². The molecule has 0 amide bonds. The van der Waals surface area contributed by atoms with Crippen LogP contribution in [0.3, 0.4) is 0 Å². The first-order chi connectivity index (χ1) is 4.56. The summed E-state index contributed by atoms with van der Waals surface area (Å²) in [4.78, 5) is 10.3. The van der Waals surface area contributed by atoms with Gasteiger partial charge in [-0.25, -0.2) is 0 Å². The van der Waals surface area contributed by atoms with Crippen LogP contribution in [-0.2, 0) is 9.53 Å². The van der Waals surface area contributed by atoms with E-state index >= 15 is 0 Å². The van der Waals surface area contributed by atoms with Crippen molar-refractivity contribution in [2.75, 3.05) is 13.7 Å². The fraction of sp³-hybridized carbons (Fsp3) is 0.667. The Morgan fingerprint density at radius 3 is 2.50 bits per heavy atom. The summed E-state index contributed by atoms with van der Waals surface area (Å²) in [5.74, 6) is -1.16. The molecule has 0 saturated heterocycles. The van der Waals surface area contributed by atoms with Gasteiger partial charge in [-0.2, -0.15) is 5.26 Å². The van der Waals surface area contributed by atoms with Gasteiger partial charge in [0.2, 0.25) is 0 Å². The van der Waals surface area contributed by atoms with E-state index in [1.165, 1.54) is 14.0 Å². The van der Waals surface area contributed by atoms with Gasteiger partial charge in [0.05, 0.1) is 12.7 Å². The maximum Gasteiger partial charge on any atom is 0.326 e.